The van der Waals surface area contributed by atoms with Crippen molar-refractivity contribution in [2.75, 3.05) is 25.1 Å². The normalized spacial score (nSPS) is 22.5. The van der Waals surface area contributed by atoms with Crippen LogP contribution in [0.15, 0.2) is 33.6 Å². The average Bonchev–Trinajstić information content (AvgIpc) is 3.43. The first-order valence-electron chi connectivity index (χ1n) is 10.3. The largest absolute Gasteiger partial charge is 0.477 e. The molecule has 0 bridgehead atoms. The molecule has 2 aromatic rings. The Hall–Kier alpha value is -2.92. The molecular formula is C20H24N6O4S. The molecule has 2 aromatic heterocycles. The zero-order valence-corrected chi connectivity index (χ0v) is 18.2. The van der Waals surface area contributed by atoms with Crippen LogP contribution in [0.2, 0.25) is 0 Å². The van der Waals surface area contributed by atoms with Crippen LogP contribution < -0.4 is 10.1 Å². The minimum atomic E-state index is -0.986. The molecule has 0 spiro atoms. The second kappa shape index (κ2) is 9.48. The minimum Gasteiger partial charge on any atom is -0.477 e. The fourth-order valence-electron chi connectivity index (χ4n) is 3.51. The summed E-state index contributed by atoms with van der Waals surface area (Å²) < 4.78 is 16.8. The first-order chi connectivity index (χ1) is 15.2. The summed E-state index contributed by atoms with van der Waals surface area (Å²) >= 11 is 1.42. The van der Waals surface area contributed by atoms with Gasteiger partial charge in [-0.1, -0.05) is 0 Å². The number of azo groups is 1. The Kier molecular flexibility index (Phi) is 6.52. The van der Waals surface area contributed by atoms with Gasteiger partial charge in [0.05, 0.1) is 13.2 Å². The second-order valence-electron chi connectivity index (χ2n) is 6.90. The molecular weight excluding hydrogens is 420 g/mol. The monoisotopic (exact) mass is 444 g/mol. The number of nitrogens with one attached hydrogen (secondary N) is 1. The van der Waals surface area contributed by atoms with Crippen LogP contribution in [-0.4, -0.2) is 48.3 Å². The maximum absolute atomic E-state index is 11.7. The number of hydrogen-bond acceptors (Lipinski definition) is 10. The van der Waals surface area contributed by atoms with Crippen molar-refractivity contribution in [2.24, 2.45) is 15.2 Å². The van der Waals surface area contributed by atoms with E-state index in [4.69, 9.17) is 19.2 Å². The zero-order valence-electron chi connectivity index (χ0n) is 17.4. The molecule has 1 saturated heterocycles. The fourth-order valence-corrected chi connectivity index (χ4v) is 4.64. The van der Waals surface area contributed by atoms with E-state index >= 15 is 0 Å². The molecule has 1 amide bonds. The number of nitrogens with zero attached hydrogens (tertiary/aromatic N) is 5. The third kappa shape index (κ3) is 4.42. The van der Waals surface area contributed by atoms with Crippen LogP contribution in [0.1, 0.15) is 38.0 Å². The standard InChI is InChI=1S/C20H24N6O4S/c1-3-28-17-16(20(22-12-23-26-20)14-7-5-6-10-30-14)31-18(25-17)13-8-9-21-15(11-13)24-19(27)29-4-2/h8-9,11-12,14H,3-7,10H2,1-2H3,(H,21,24,27). The lowest BCUT2D eigenvalue weighted by Crippen LogP contribution is -2.39. The number of amides is 1. The van der Waals surface area contributed by atoms with Crippen LogP contribution in [0.25, 0.3) is 10.6 Å². The van der Waals surface area contributed by atoms with Gasteiger partial charge >= 0.3 is 6.09 Å². The van der Waals surface area contributed by atoms with Crippen LogP contribution in [0.3, 0.4) is 0 Å². The number of aromatic nitrogens is 2. The Morgan fingerprint density at radius 1 is 1.35 bits per heavy atom. The van der Waals surface area contributed by atoms with E-state index in [0.29, 0.717) is 29.9 Å². The van der Waals surface area contributed by atoms with Gasteiger partial charge in [0.2, 0.25) is 11.5 Å². The highest BCUT2D eigenvalue weighted by Gasteiger charge is 2.48. The lowest BCUT2D eigenvalue weighted by Gasteiger charge is -2.33. The number of carbonyl (C=O) groups excluding carboxylic acids is 1. The molecule has 2 aliphatic rings. The molecule has 2 atom stereocenters. The van der Waals surface area contributed by atoms with Gasteiger partial charge in [-0.25, -0.2) is 19.8 Å². The Balaban J connectivity index is 1.70. The van der Waals surface area contributed by atoms with Crippen LogP contribution >= 0.6 is 11.3 Å². The summed E-state index contributed by atoms with van der Waals surface area (Å²) in [6.45, 7) is 5.04. The van der Waals surface area contributed by atoms with E-state index in [-0.39, 0.29) is 12.7 Å². The number of carbonyl (C=O) groups is 1. The third-order valence-corrected chi connectivity index (χ3v) is 6.07. The van der Waals surface area contributed by atoms with E-state index in [0.717, 1.165) is 29.7 Å². The van der Waals surface area contributed by atoms with Crippen LogP contribution in [-0.2, 0) is 15.1 Å². The molecule has 2 aliphatic heterocycles. The van der Waals surface area contributed by atoms with Crippen molar-refractivity contribution in [1.82, 2.24) is 9.97 Å². The molecule has 4 heterocycles. The summed E-state index contributed by atoms with van der Waals surface area (Å²) in [6.07, 6.45) is 5.17. The minimum absolute atomic E-state index is 0.227. The average molecular weight is 445 g/mol. The number of hydrogen-bond donors (Lipinski definition) is 1. The molecule has 0 radical (unpaired) electrons. The Bertz CT molecular complexity index is 974. The van der Waals surface area contributed by atoms with Gasteiger partial charge in [0, 0.05) is 18.4 Å². The first kappa shape index (κ1) is 21.3. The molecule has 31 heavy (non-hydrogen) atoms. The highest BCUT2D eigenvalue weighted by Crippen LogP contribution is 2.48. The van der Waals surface area contributed by atoms with Crippen molar-refractivity contribution in [1.29, 1.82) is 0 Å². The van der Waals surface area contributed by atoms with Crippen molar-refractivity contribution < 1.29 is 19.0 Å². The van der Waals surface area contributed by atoms with Gasteiger partial charge in [0.15, 0.2) is 0 Å². The van der Waals surface area contributed by atoms with Gasteiger partial charge < -0.3 is 14.2 Å². The Morgan fingerprint density at radius 3 is 2.97 bits per heavy atom. The lowest BCUT2D eigenvalue weighted by atomic mass is 9.95. The Morgan fingerprint density at radius 2 is 2.26 bits per heavy atom. The molecule has 11 heteroatoms. The predicted octanol–water partition coefficient (Wildman–Crippen LogP) is 4.39. The summed E-state index contributed by atoms with van der Waals surface area (Å²) in [7, 11) is 0. The predicted molar refractivity (Wildman–Crippen MR) is 116 cm³/mol. The highest BCUT2D eigenvalue weighted by molar-refractivity contribution is 7.15. The second-order valence-corrected chi connectivity index (χ2v) is 7.90. The molecule has 164 valence electrons. The van der Waals surface area contributed by atoms with Crippen molar-refractivity contribution in [2.45, 2.75) is 44.9 Å². The molecule has 0 saturated carbocycles. The fraction of sp³-hybridized carbons (Fsp3) is 0.500. The molecule has 1 N–H and O–H groups in total. The molecule has 0 aliphatic carbocycles. The van der Waals surface area contributed by atoms with Gasteiger partial charge in [-0.15, -0.1) is 21.6 Å². The van der Waals surface area contributed by atoms with Crippen LogP contribution in [0.4, 0.5) is 10.6 Å². The number of anilines is 1. The van der Waals surface area contributed by atoms with Gasteiger partial charge in [0.1, 0.15) is 28.1 Å². The quantitative estimate of drug-likeness (QED) is 0.676. The maximum atomic E-state index is 11.7. The number of aliphatic imine (C=N–C) groups is 1. The van der Waals surface area contributed by atoms with Crippen molar-refractivity contribution in [3.8, 4) is 16.5 Å². The Labute approximate surface area is 183 Å². The van der Waals surface area contributed by atoms with E-state index in [1.54, 1.807) is 19.2 Å². The summed E-state index contributed by atoms with van der Waals surface area (Å²) in [5.41, 5.74) is -0.211. The number of thiazole rings is 1. The summed E-state index contributed by atoms with van der Waals surface area (Å²) in [5, 5.41) is 11.8. The van der Waals surface area contributed by atoms with E-state index < -0.39 is 11.8 Å². The molecule has 2 unspecified atom stereocenters. The molecule has 4 rings (SSSR count). The van der Waals surface area contributed by atoms with Gasteiger partial charge in [0.25, 0.3) is 0 Å². The van der Waals surface area contributed by atoms with Crippen LogP contribution in [0.5, 0.6) is 5.88 Å². The summed E-state index contributed by atoms with van der Waals surface area (Å²) in [5.74, 6) is 0.834. The van der Waals surface area contributed by atoms with Crippen molar-refractivity contribution in [3.05, 3.63) is 23.2 Å². The summed E-state index contributed by atoms with van der Waals surface area (Å²) in [4.78, 5) is 26.0. The number of pyridine rings is 1. The van der Waals surface area contributed by atoms with E-state index in [9.17, 15) is 4.79 Å². The SMILES string of the molecule is CCOC(=O)Nc1cc(-c2nc(OCC)c(C3(C4CCCCO4)N=CN=N3)s2)ccn1. The van der Waals surface area contributed by atoms with Gasteiger partial charge in [-0.05, 0) is 45.2 Å². The van der Waals surface area contributed by atoms with Gasteiger partial charge in [-0.2, -0.15) is 0 Å². The van der Waals surface area contributed by atoms with Crippen LogP contribution in [0, 0.1) is 0 Å². The first-order valence-corrected chi connectivity index (χ1v) is 11.1. The van der Waals surface area contributed by atoms with E-state index in [2.05, 4.69) is 25.5 Å². The van der Waals surface area contributed by atoms with E-state index in [1.165, 1.54) is 17.7 Å². The third-order valence-electron chi connectivity index (χ3n) is 4.87. The maximum Gasteiger partial charge on any atom is 0.412 e. The smallest absolute Gasteiger partial charge is 0.412 e. The van der Waals surface area contributed by atoms with E-state index in [1.807, 2.05) is 13.0 Å². The van der Waals surface area contributed by atoms with Gasteiger partial charge in [-0.3, -0.25) is 5.32 Å². The lowest BCUT2D eigenvalue weighted by molar-refractivity contribution is -0.0313. The van der Waals surface area contributed by atoms with Crippen molar-refractivity contribution in [3.63, 3.8) is 0 Å². The molecule has 0 aromatic carbocycles. The zero-order chi connectivity index (χ0) is 21.7. The molecule has 10 nitrogen and oxygen atoms in total. The topological polar surface area (TPSA) is 120 Å². The van der Waals surface area contributed by atoms with Crippen molar-refractivity contribution >= 4 is 29.6 Å². The number of ether oxygens (including phenoxy) is 3. The molecule has 1 fully saturated rings. The highest BCUT2D eigenvalue weighted by atomic mass is 32.1. The number of rotatable bonds is 7. The summed E-state index contributed by atoms with van der Waals surface area (Å²) in [6, 6.07) is 3.55.